The van der Waals surface area contributed by atoms with Crippen LogP contribution in [0.2, 0.25) is 0 Å². The number of rotatable bonds is 2. The fourth-order valence-electron chi connectivity index (χ4n) is 3.40. The van der Waals surface area contributed by atoms with E-state index in [1.165, 1.54) is 35.0 Å². The molecule has 0 saturated carbocycles. The second kappa shape index (κ2) is 5.39. The lowest BCUT2D eigenvalue weighted by molar-refractivity contribution is -0.147. The standard InChI is InChI=1S/C17H11BFN3O4/c18-10-4-3-9(11(19)6-10)8-21-14(24)12-2-1-5-22(12)17(16(21)26)7-13(23)20-15(17)25/h1-6H,7-8H2,(H,20,23,25)/t17-/m1/s1. The molecule has 4 rings (SSSR count). The number of carbonyl (C=O) groups excluding carboxylic acids is 4. The molecule has 3 heterocycles. The molecular formula is C17H11BFN3O4. The van der Waals surface area contributed by atoms with Gasteiger partial charge in [-0.05, 0) is 18.2 Å². The summed E-state index contributed by atoms with van der Waals surface area (Å²) in [6.45, 7) is -0.377. The van der Waals surface area contributed by atoms with E-state index in [1.54, 1.807) is 0 Å². The zero-order chi connectivity index (χ0) is 18.6. The zero-order valence-corrected chi connectivity index (χ0v) is 13.4. The molecule has 128 valence electrons. The summed E-state index contributed by atoms with van der Waals surface area (Å²) in [6, 6.07) is 6.84. The number of imide groups is 2. The molecular weight excluding hydrogens is 340 g/mol. The van der Waals surface area contributed by atoms with Crippen molar-refractivity contribution in [1.29, 1.82) is 0 Å². The number of amides is 4. The van der Waals surface area contributed by atoms with Gasteiger partial charge in [0, 0.05) is 11.8 Å². The van der Waals surface area contributed by atoms with E-state index in [-0.39, 0.29) is 23.3 Å². The van der Waals surface area contributed by atoms with Gasteiger partial charge in [-0.3, -0.25) is 29.4 Å². The van der Waals surface area contributed by atoms with Gasteiger partial charge in [0.15, 0.2) is 0 Å². The molecule has 0 aliphatic carbocycles. The van der Waals surface area contributed by atoms with Gasteiger partial charge >= 0.3 is 0 Å². The van der Waals surface area contributed by atoms with Crippen molar-refractivity contribution in [2.45, 2.75) is 18.5 Å². The summed E-state index contributed by atoms with van der Waals surface area (Å²) in [5.74, 6) is -3.64. The van der Waals surface area contributed by atoms with E-state index in [4.69, 9.17) is 7.85 Å². The van der Waals surface area contributed by atoms with E-state index in [0.717, 1.165) is 11.0 Å². The van der Waals surface area contributed by atoms with Crippen LogP contribution in [0.1, 0.15) is 22.5 Å². The molecule has 2 aromatic rings. The van der Waals surface area contributed by atoms with Crippen LogP contribution in [0.5, 0.6) is 0 Å². The minimum Gasteiger partial charge on any atom is -0.320 e. The molecule has 1 spiro atoms. The van der Waals surface area contributed by atoms with Crippen molar-refractivity contribution in [2.24, 2.45) is 0 Å². The summed E-state index contributed by atoms with van der Waals surface area (Å²) >= 11 is 0. The Morgan fingerprint density at radius 3 is 2.62 bits per heavy atom. The molecule has 2 aliphatic rings. The smallest absolute Gasteiger partial charge is 0.277 e. The first kappa shape index (κ1) is 16.3. The van der Waals surface area contributed by atoms with Gasteiger partial charge in [-0.15, -0.1) is 0 Å². The molecule has 1 saturated heterocycles. The normalized spacial score (nSPS) is 22.1. The molecule has 1 aromatic heterocycles. The summed E-state index contributed by atoms with van der Waals surface area (Å²) in [5.41, 5.74) is -1.52. The van der Waals surface area contributed by atoms with Gasteiger partial charge in [0.1, 0.15) is 19.4 Å². The van der Waals surface area contributed by atoms with Gasteiger partial charge in [-0.1, -0.05) is 17.6 Å². The number of nitrogens with zero attached hydrogens (tertiary/aromatic N) is 2. The minimum atomic E-state index is -1.87. The molecule has 1 fully saturated rings. The predicted molar refractivity (Wildman–Crippen MR) is 86.8 cm³/mol. The lowest BCUT2D eigenvalue weighted by Crippen LogP contribution is -2.60. The van der Waals surface area contributed by atoms with Crippen LogP contribution in [-0.2, 0) is 26.5 Å². The number of halogens is 1. The van der Waals surface area contributed by atoms with Crippen molar-refractivity contribution >= 4 is 36.9 Å². The minimum absolute atomic E-state index is 0.0702. The van der Waals surface area contributed by atoms with E-state index < -0.39 is 41.4 Å². The van der Waals surface area contributed by atoms with Gasteiger partial charge in [-0.2, -0.15) is 0 Å². The summed E-state index contributed by atoms with van der Waals surface area (Å²) < 4.78 is 15.4. The number of hydrogen-bond acceptors (Lipinski definition) is 4. The SMILES string of the molecule is [B]c1ccc(CN2C(=O)c3cccn3[C@@]3(CC(=O)NC3=O)C2=O)c(F)c1. The van der Waals surface area contributed by atoms with Crippen molar-refractivity contribution in [2.75, 3.05) is 0 Å². The van der Waals surface area contributed by atoms with Crippen molar-refractivity contribution < 1.29 is 23.6 Å². The average Bonchev–Trinajstić information content (AvgIpc) is 3.17. The van der Waals surface area contributed by atoms with E-state index in [9.17, 15) is 23.6 Å². The van der Waals surface area contributed by atoms with Crippen molar-refractivity contribution in [3.8, 4) is 0 Å². The highest BCUT2D eigenvalue weighted by atomic mass is 19.1. The van der Waals surface area contributed by atoms with Gasteiger partial charge in [-0.25, -0.2) is 4.39 Å². The highest BCUT2D eigenvalue weighted by molar-refractivity contribution is 6.32. The molecule has 1 aromatic carbocycles. The molecule has 0 bridgehead atoms. The number of carbonyl (C=O) groups is 4. The fraction of sp³-hybridized carbons (Fsp3) is 0.176. The first-order valence-electron chi connectivity index (χ1n) is 7.77. The van der Waals surface area contributed by atoms with Crippen LogP contribution in [0.4, 0.5) is 4.39 Å². The quantitative estimate of drug-likeness (QED) is 0.442. The topological polar surface area (TPSA) is 88.5 Å². The zero-order valence-electron chi connectivity index (χ0n) is 13.4. The lowest BCUT2D eigenvalue weighted by Gasteiger charge is -2.37. The Balaban J connectivity index is 1.82. The molecule has 0 unspecified atom stereocenters. The number of benzene rings is 1. The van der Waals surface area contributed by atoms with E-state index in [2.05, 4.69) is 5.32 Å². The molecule has 2 radical (unpaired) electrons. The third kappa shape index (κ3) is 2.06. The Hall–Kier alpha value is -3.23. The highest BCUT2D eigenvalue weighted by Crippen LogP contribution is 2.36. The van der Waals surface area contributed by atoms with Gasteiger partial charge in [0.25, 0.3) is 17.7 Å². The average molecular weight is 351 g/mol. The number of hydrogen-bond donors (Lipinski definition) is 1. The van der Waals surface area contributed by atoms with Crippen LogP contribution in [0.25, 0.3) is 0 Å². The largest absolute Gasteiger partial charge is 0.320 e. The summed E-state index contributed by atoms with van der Waals surface area (Å²) in [4.78, 5) is 50.8. The maximum Gasteiger partial charge on any atom is 0.277 e. The number of nitrogens with one attached hydrogen (secondary N) is 1. The molecule has 26 heavy (non-hydrogen) atoms. The Kier molecular flexibility index (Phi) is 3.37. The number of aromatic nitrogens is 1. The second-order valence-corrected chi connectivity index (χ2v) is 6.23. The third-order valence-electron chi connectivity index (χ3n) is 4.67. The summed E-state index contributed by atoms with van der Waals surface area (Å²) in [6.07, 6.45) is 0.991. The maximum atomic E-state index is 14.1. The van der Waals surface area contributed by atoms with Crippen molar-refractivity contribution in [3.05, 3.63) is 53.6 Å². The third-order valence-corrected chi connectivity index (χ3v) is 4.67. The monoisotopic (exact) mass is 351 g/mol. The Morgan fingerprint density at radius 1 is 1.19 bits per heavy atom. The van der Waals surface area contributed by atoms with E-state index >= 15 is 0 Å². The predicted octanol–water partition coefficient (Wildman–Crippen LogP) is -0.655. The van der Waals surface area contributed by atoms with E-state index in [0.29, 0.717) is 0 Å². The first-order valence-corrected chi connectivity index (χ1v) is 7.77. The van der Waals surface area contributed by atoms with Crippen LogP contribution in [-0.4, -0.2) is 40.9 Å². The second-order valence-electron chi connectivity index (χ2n) is 6.23. The highest BCUT2D eigenvalue weighted by Gasteiger charge is 2.60. The number of fused-ring (bicyclic) bond motifs is 2. The summed E-state index contributed by atoms with van der Waals surface area (Å²) in [7, 11) is 5.51. The Labute approximate surface area is 148 Å². The maximum absolute atomic E-state index is 14.1. The summed E-state index contributed by atoms with van der Waals surface area (Å²) in [5, 5.41) is 2.11. The molecule has 4 amide bonds. The van der Waals surface area contributed by atoms with Crippen LogP contribution in [0.3, 0.4) is 0 Å². The Bertz CT molecular complexity index is 1000. The van der Waals surface area contributed by atoms with Gasteiger partial charge in [0.2, 0.25) is 11.4 Å². The molecule has 1 atom stereocenters. The van der Waals surface area contributed by atoms with Gasteiger partial charge < -0.3 is 4.57 Å². The molecule has 9 heteroatoms. The van der Waals surface area contributed by atoms with E-state index in [1.807, 2.05) is 0 Å². The van der Waals surface area contributed by atoms with Crippen LogP contribution in [0, 0.1) is 5.82 Å². The fourth-order valence-corrected chi connectivity index (χ4v) is 3.40. The van der Waals surface area contributed by atoms with Gasteiger partial charge in [0.05, 0.1) is 13.0 Å². The Morgan fingerprint density at radius 2 is 1.96 bits per heavy atom. The van der Waals surface area contributed by atoms with Crippen molar-refractivity contribution in [1.82, 2.24) is 14.8 Å². The molecule has 1 N–H and O–H groups in total. The van der Waals surface area contributed by atoms with Crippen molar-refractivity contribution in [3.63, 3.8) is 0 Å². The first-order chi connectivity index (χ1) is 12.3. The molecule has 2 aliphatic heterocycles. The molecule has 7 nitrogen and oxygen atoms in total. The van der Waals surface area contributed by atoms with Crippen LogP contribution >= 0.6 is 0 Å². The van der Waals surface area contributed by atoms with Crippen LogP contribution < -0.4 is 10.8 Å². The lowest BCUT2D eigenvalue weighted by atomic mass is 9.91. The van der Waals surface area contributed by atoms with Crippen LogP contribution in [0.15, 0.2) is 36.5 Å².